The van der Waals surface area contributed by atoms with Crippen LogP contribution in [0.5, 0.6) is 17.2 Å². The summed E-state index contributed by atoms with van der Waals surface area (Å²) in [6.45, 7) is 1.75. The van der Waals surface area contributed by atoms with Gasteiger partial charge in [-0.05, 0) is 30.5 Å². The van der Waals surface area contributed by atoms with E-state index in [4.69, 9.17) is 14.2 Å². The number of amides is 2. The molecule has 5 rings (SSSR count). The van der Waals surface area contributed by atoms with Crippen LogP contribution >= 0.6 is 0 Å². The Morgan fingerprint density at radius 2 is 1.71 bits per heavy atom. The molecule has 0 radical (unpaired) electrons. The Morgan fingerprint density at radius 3 is 2.43 bits per heavy atom. The first-order chi connectivity index (χ1) is 16.9. The Hall–Kier alpha value is -3.49. The highest BCUT2D eigenvalue weighted by Crippen LogP contribution is 2.48. The first kappa shape index (κ1) is 23.3. The first-order valence-electron chi connectivity index (χ1n) is 11.9. The number of pyridine rings is 1. The highest BCUT2D eigenvalue weighted by molar-refractivity contribution is 5.90. The van der Waals surface area contributed by atoms with Gasteiger partial charge in [0, 0.05) is 56.3 Å². The van der Waals surface area contributed by atoms with Crippen LogP contribution in [0, 0.1) is 11.8 Å². The van der Waals surface area contributed by atoms with E-state index in [9.17, 15) is 14.4 Å². The van der Waals surface area contributed by atoms with Crippen LogP contribution in [0.4, 0.5) is 0 Å². The van der Waals surface area contributed by atoms with Gasteiger partial charge in [0.1, 0.15) is 0 Å². The van der Waals surface area contributed by atoms with E-state index < -0.39 is 12.0 Å². The summed E-state index contributed by atoms with van der Waals surface area (Å²) in [5.41, 5.74) is 1.72. The Balaban J connectivity index is 1.48. The van der Waals surface area contributed by atoms with E-state index in [0.29, 0.717) is 42.4 Å². The molecule has 3 aliphatic rings. The normalized spacial score (nSPS) is 25.3. The van der Waals surface area contributed by atoms with Crippen LogP contribution < -0.4 is 19.8 Å². The molecule has 2 bridgehead atoms. The van der Waals surface area contributed by atoms with Crippen LogP contribution in [-0.4, -0.2) is 67.6 Å². The number of ether oxygens (including phenoxy) is 3. The van der Waals surface area contributed by atoms with Gasteiger partial charge >= 0.3 is 0 Å². The highest BCUT2D eigenvalue weighted by Gasteiger charge is 2.47. The quantitative estimate of drug-likeness (QED) is 0.649. The number of methoxy groups -OCH3 is 3. The summed E-state index contributed by atoms with van der Waals surface area (Å²) in [6, 6.07) is 8.50. The number of piperidine rings is 1. The van der Waals surface area contributed by atoms with Crippen LogP contribution in [0.1, 0.15) is 36.1 Å². The van der Waals surface area contributed by atoms with Crippen LogP contribution in [0.2, 0.25) is 0 Å². The number of benzene rings is 1. The van der Waals surface area contributed by atoms with E-state index >= 15 is 0 Å². The zero-order chi connectivity index (χ0) is 24.9. The van der Waals surface area contributed by atoms with Crippen molar-refractivity contribution in [3.63, 3.8) is 0 Å². The lowest BCUT2D eigenvalue weighted by Crippen LogP contribution is -2.51. The molecule has 9 heteroatoms. The Kier molecular flexibility index (Phi) is 5.94. The summed E-state index contributed by atoms with van der Waals surface area (Å²) < 4.78 is 18.5. The number of nitrogens with zero attached hydrogens (tertiary/aromatic N) is 3. The van der Waals surface area contributed by atoms with Crippen molar-refractivity contribution in [2.75, 3.05) is 41.5 Å². The molecule has 2 fully saturated rings. The summed E-state index contributed by atoms with van der Waals surface area (Å²) in [7, 11) is 6.35. The van der Waals surface area contributed by atoms with Gasteiger partial charge in [-0.2, -0.15) is 0 Å². The molecular formula is C26H31N3O6. The van der Waals surface area contributed by atoms with Gasteiger partial charge in [0.05, 0.1) is 33.3 Å². The third-order valence-corrected chi connectivity index (χ3v) is 7.75. The van der Waals surface area contributed by atoms with Gasteiger partial charge in [-0.15, -0.1) is 0 Å². The molecule has 9 nitrogen and oxygen atoms in total. The summed E-state index contributed by atoms with van der Waals surface area (Å²) in [5.74, 6) is 1.07. The van der Waals surface area contributed by atoms with Crippen molar-refractivity contribution in [1.29, 1.82) is 0 Å². The van der Waals surface area contributed by atoms with Crippen molar-refractivity contribution < 1.29 is 23.8 Å². The summed E-state index contributed by atoms with van der Waals surface area (Å²) in [4.78, 5) is 42.7. The van der Waals surface area contributed by atoms with E-state index in [1.54, 1.807) is 44.4 Å². The van der Waals surface area contributed by atoms with Crippen molar-refractivity contribution in [3.05, 3.63) is 51.9 Å². The number of hydrogen-bond donors (Lipinski definition) is 0. The summed E-state index contributed by atoms with van der Waals surface area (Å²) in [6.07, 6.45) is 1.10. The minimum atomic E-state index is -0.545. The van der Waals surface area contributed by atoms with Crippen molar-refractivity contribution in [1.82, 2.24) is 14.4 Å². The van der Waals surface area contributed by atoms with Crippen LogP contribution in [0.15, 0.2) is 35.1 Å². The lowest BCUT2D eigenvalue weighted by Gasteiger charge is -2.44. The zero-order valence-corrected chi connectivity index (χ0v) is 20.5. The molecule has 0 N–H and O–H groups in total. The van der Waals surface area contributed by atoms with Gasteiger partial charge in [-0.3, -0.25) is 14.4 Å². The highest BCUT2D eigenvalue weighted by atomic mass is 16.5. The third kappa shape index (κ3) is 3.73. The van der Waals surface area contributed by atoms with Crippen molar-refractivity contribution in [3.8, 4) is 17.2 Å². The van der Waals surface area contributed by atoms with Crippen molar-refractivity contribution in [2.24, 2.45) is 11.8 Å². The maximum atomic E-state index is 13.9. The topological polar surface area (TPSA) is 90.3 Å². The van der Waals surface area contributed by atoms with E-state index in [1.165, 1.54) is 7.11 Å². The molecule has 1 aromatic heterocycles. The van der Waals surface area contributed by atoms with Crippen molar-refractivity contribution in [2.45, 2.75) is 31.3 Å². The fourth-order valence-corrected chi connectivity index (χ4v) is 6.18. The Labute approximate surface area is 204 Å². The molecule has 0 aliphatic carbocycles. The predicted molar refractivity (Wildman–Crippen MR) is 128 cm³/mol. The van der Waals surface area contributed by atoms with Crippen LogP contribution in [0.3, 0.4) is 0 Å². The van der Waals surface area contributed by atoms with Gasteiger partial charge in [0.2, 0.25) is 17.6 Å². The molecule has 2 aromatic rings. The number of rotatable bonds is 5. The van der Waals surface area contributed by atoms with Gasteiger partial charge in [-0.1, -0.05) is 6.07 Å². The largest absolute Gasteiger partial charge is 0.493 e. The Bertz CT molecular complexity index is 1220. The molecule has 0 unspecified atom stereocenters. The summed E-state index contributed by atoms with van der Waals surface area (Å²) >= 11 is 0. The van der Waals surface area contributed by atoms with Gasteiger partial charge < -0.3 is 28.6 Å². The molecule has 3 aliphatic heterocycles. The smallest absolute Gasteiger partial charge is 0.250 e. The molecule has 186 valence electrons. The monoisotopic (exact) mass is 481 g/mol. The number of carbonyl (C=O) groups is 2. The predicted octanol–water partition coefficient (Wildman–Crippen LogP) is 2.04. The molecular weight excluding hydrogens is 450 g/mol. The maximum absolute atomic E-state index is 13.9. The Morgan fingerprint density at radius 1 is 0.943 bits per heavy atom. The molecule has 2 amide bonds. The van der Waals surface area contributed by atoms with E-state index in [2.05, 4.69) is 0 Å². The minimum Gasteiger partial charge on any atom is -0.493 e. The lowest BCUT2D eigenvalue weighted by molar-refractivity contribution is -0.139. The average Bonchev–Trinajstić information content (AvgIpc) is 3.16. The molecule has 35 heavy (non-hydrogen) atoms. The minimum absolute atomic E-state index is 0.0144. The second-order valence-electron chi connectivity index (χ2n) is 9.63. The zero-order valence-electron chi connectivity index (χ0n) is 20.5. The molecule has 0 spiro atoms. The molecule has 2 saturated heterocycles. The standard InChI is InChI=1S/C26H31N3O6/c1-27-22(31)11-18(23(27)17-8-9-20(33-2)25(35-4)24(17)34-3)26(32)28-12-15-10-16(14-28)19-6-5-7-21(30)29(19)13-15/h5-9,15-16,18,23H,10-14H2,1-4H3/t15-,16+,18-,23-/m0/s1. The fourth-order valence-electron chi connectivity index (χ4n) is 6.18. The van der Waals surface area contributed by atoms with E-state index in [0.717, 1.165) is 12.1 Å². The lowest BCUT2D eigenvalue weighted by atomic mass is 9.82. The number of likely N-dealkylation sites (tertiary alicyclic amines) is 2. The maximum Gasteiger partial charge on any atom is 0.250 e. The van der Waals surface area contributed by atoms with Crippen LogP contribution in [-0.2, 0) is 16.1 Å². The molecule has 0 saturated carbocycles. The molecule has 1 aromatic carbocycles. The van der Waals surface area contributed by atoms with Gasteiger partial charge in [0.15, 0.2) is 11.5 Å². The second-order valence-corrected chi connectivity index (χ2v) is 9.63. The summed E-state index contributed by atoms with van der Waals surface area (Å²) in [5, 5.41) is 0. The number of aromatic nitrogens is 1. The van der Waals surface area contributed by atoms with Gasteiger partial charge in [-0.25, -0.2) is 0 Å². The SMILES string of the molecule is COc1ccc([C@H]2[C@@H](C(=O)N3C[C@@H]4C[C@H](C3)c3cccc(=O)n3C4)CC(=O)N2C)c(OC)c1OC. The van der Waals surface area contributed by atoms with Crippen LogP contribution in [0.25, 0.3) is 0 Å². The third-order valence-electron chi connectivity index (χ3n) is 7.75. The number of carbonyl (C=O) groups excluding carboxylic acids is 2. The molecule has 4 heterocycles. The number of fused-ring (bicyclic) bond motifs is 4. The fraction of sp³-hybridized carbons (Fsp3) is 0.500. The first-order valence-corrected chi connectivity index (χ1v) is 11.9. The molecule has 4 atom stereocenters. The second kappa shape index (κ2) is 8.94. The van der Waals surface area contributed by atoms with Gasteiger partial charge in [0.25, 0.3) is 5.56 Å². The number of hydrogen-bond acceptors (Lipinski definition) is 6. The average molecular weight is 482 g/mol. The van der Waals surface area contributed by atoms with Crippen molar-refractivity contribution >= 4 is 11.8 Å². The van der Waals surface area contributed by atoms with E-state index in [1.807, 2.05) is 21.6 Å². The van der Waals surface area contributed by atoms with E-state index in [-0.39, 0.29) is 35.6 Å².